The third-order valence-corrected chi connectivity index (χ3v) is 5.49. The van der Waals surface area contributed by atoms with Crippen LogP contribution in [0.15, 0.2) is 36.4 Å². The van der Waals surface area contributed by atoms with E-state index in [0.29, 0.717) is 18.4 Å². The number of hydrogen-bond acceptors (Lipinski definition) is 5. The highest BCUT2D eigenvalue weighted by atomic mass is 19.4. The monoisotopic (exact) mass is 466 g/mol. The summed E-state index contributed by atoms with van der Waals surface area (Å²) in [6.45, 7) is 1.59. The highest BCUT2D eigenvalue weighted by molar-refractivity contribution is 5.73. The molecule has 1 aliphatic carbocycles. The third kappa shape index (κ3) is 7.37. The zero-order valence-corrected chi connectivity index (χ0v) is 17.8. The zero-order chi connectivity index (χ0) is 24.0. The predicted octanol–water partition coefficient (Wildman–Crippen LogP) is 4.27. The molecule has 2 aromatic rings. The summed E-state index contributed by atoms with van der Waals surface area (Å²) in [4.78, 5) is 24.3. The molecule has 2 heterocycles. The van der Waals surface area contributed by atoms with Crippen molar-refractivity contribution in [2.24, 2.45) is 5.92 Å². The van der Waals surface area contributed by atoms with Crippen molar-refractivity contribution in [2.75, 3.05) is 18.5 Å². The Balaban J connectivity index is 0.000000383. The minimum atomic E-state index is -5.08. The molecule has 2 aliphatic rings. The first-order valence-corrected chi connectivity index (χ1v) is 10.6. The topological polar surface area (TPSA) is 109 Å². The van der Waals surface area contributed by atoms with Gasteiger partial charge in [0.1, 0.15) is 11.6 Å². The van der Waals surface area contributed by atoms with E-state index < -0.39 is 18.1 Å². The molecule has 33 heavy (non-hydrogen) atoms. The van der Waals surface area contributed by atoms with Crippen LogP contribution >= 0.6 is 0 Å². The summed E-state index contributed by atoms with van der Waals surface area (Å²) >= 11 is 0. The van der Waals surface area contributed by atoms with E-state index in [-0.39, 0.29) is 6.42 Å². The summed E-state index contributed by atoms with van der Waals surface area (Å²) in [5, 5.41) is 19.3. The number of rotatable bonds is 7. The van der Waals surface area contributed by atoms with Crippen molar-refractivity contribution in [3.8, 4) is 5.75 Å². The Kier molecular flexibility index (Phi) is 7.78. The average molecular weight is 466 g/mol. The van der Waals surface area contributed by atoms with Gasteiger partial charge in [-0.25, -0.2) is 9.78 Å². The van der Waals surface area contributed by atoms with Gasteiger partial charge < -0.3 is 20.3 Å². The molecule has 10 heteroatoms. The van der Waals surface area contributed by atoms with Crippen molar-refractivity contribution in [3.05, 3.63) is 53.2 Å². The summed E-state index contributed by atoms with van der Waals surface area (Å²) in [6.07, 6.45) is -0.784. The highest BCUT2D eigenvalue weighted by Crippen LogP contribution is 2.49. The van der Waals surface area contributed by atoms with Crippen LogP contribution in [0.4, 0.5) is 19.0 Å². The van der Waals surface area contributed by atoms with Gasteiger partial charge in [0, 0.05) is 25.1 Å². The van der Waals surface area contributed by atoms with Crippen LogP contribution < -0.4 is 10.1 Å². The molecule has 2 unspecified atom stereocenters. The number of aromatic nitrogens is 1. The number of aliphatic carboxylic acids is 2. The van der Waals surface area contributed by atoms with Gasteiger partial charge in [-0.1, -0.05) is 18.2 Å². The number of carboxylic acid groups (broad SMARTS) is 2. The molecule has 2 atom stereocenters. The molecule has 0 radical (unpaired) electrons. The van der Waals surface area contributed by atoms with Crippen LogP contribution in [0, 0.1) is 5.92 Å². The fourth-order valence-electron chi connectivity index (χ4n) is 3.70. The molecule has 0 spiro atoms. The molecular formula is C23H25F3N2O5. The van der Waals surface area contributed by atoms with Gasteiger partial charge in [0.15, 0.2) is 0 Å². The minimum absolute atomic E-state index is 0.269. The number of aryl methyl sites for hydroxylation is 1. The van der Waals surface area contributed by atoms with Crippen LogP contribution in [0.3, 0.4) is 0 Å². The summed E-state index contributed by atoms with van der Waals surface area (Å²) in [5.41, 5.74) is 3.56. The zero-order valence-electron chi connectivity index (χ0n) is 17.8. The third-order valence-electron chi connectivity index (χ3n) is 5.49. The molecular weight excluding hydrogens is 441 g/mol. The van der Waals surface area contributed by atoms with Gasteiger partial charge in [0.05, 0.1) is 6.61 Å². The van der Waals surface area contributed by atoms with Gasteiger partial charge in [0.25, 0.3) is 0 Å². The summed E-state index contributed by atoms with van der Waals surface area (Å²) in [7, 11) is 0. The predicted molar refractivity (Wildman–Crippen MR) is 113 cm³/mol. The van der Waals surface area contributed by atoms with Gasteiger partial charge in [-0.2, -0.15) is 13.2 Å². The van der Waals surface area contributed by atoms with E-state index in [1.54, 1.807) is 0 Å². The van der Waals surface area contributed by atoms with Gasteiger partial charge in [-0.15, -0.1) is 0 Å². The van der Waals surface area contributed by atoms with Crippen LogP contribution in [0.5, 0.6) is 5.75 Å². The smallest absolute Gasteiger partial charge is 0.490 e. The number of fused-ring (bicyclic) bond motifs is 1. The van der Waals surface area contributed by atoms with E-state index in [1.165, 1.54) is 17.5 Å². The van der Waals surface area contributed by atoms with E-state index in [2.05, 4.69) is 34.6 Å². The van der Waals surface area contributed by atoms with Crippen LogP contribution in [-0.4, -0.2) is 46.5 Å². The van der Waals surface area contributed by atoms with Crippen molar-refractivity contribution in [1.82, 2.24) is 4.98 Å². The number of carbonyl (C=O) groups is 2. The van der Waals surface area contributed by atoms with E-state index in [0.717, 1.165) is 43.1 Å². The fourth-order valence-corrected chi connectivity index (χ4v) is 3.70. The molecule has 0 bridgehead atoms. The second-order valence-electron chi connectivity index (χ2n) is 8.01. The van der Waals surface area contributed by atoms with E-state index >= 15 is 0 Å². The Bertz CT molecular complexity index is 979. The lowest BCUT2D eigenvalue weighted by Crippen LogP contribution is -2.21. The highest BCUT2D eigenvalue weighted by Gasteiger charge is 2.39. The first kappa shape index (κ1) is 24.3. The lowest BCUT2D eigenvalue weighted by atomic mass is 10.1. The maximum Gasteiger partial charge on any atom is 0.490 e. The van der Waals surface area contributed by atoms with Gasteiger partial charge >= 0.3 is 18.1 Å². The number of pyridine rings is 1. The Hall–Kier alpha value is -3.30. The van der Waals surface area contributed by atoms with Gasteiger partial charge in [0.2, 0.25) is 0 Å². The van der Waals surface area contributed by atoms with Crippen molar-refractivity contribution in [1.29, 1.82) is 0 Å². The van der Waals surface area contributed by atoms with E-state index in [4.69, 9.17) is 19.7 Å². The number of ether oxygens (including phenoxy) is 1. The maximum atomic E-state index is 10.8. The lowest BCUT2D eigenvalue weighted by Gasteiger charge is -2.17. The molecule has 0 saturated heterocycles. The molecule has 178 valence electrons. The molecule has 1 aliphatic heterocycles. The molecule has 1 fully saturated rings. The molecule has 0 amide bonds. The number of benzene rings is 1. The quantitative estimate of drug-likeness (QED) is 0.559. The number of halogens is 3. The SMILES string of the molecule is O=C(O)C(F)(F)F.O=C(O)CC1CC1c1ccc(OCCc2ccc3c(n2)NCCC3)cc1. The molecule has 1 saturated carbocycles. The summed E-state index contributed by atoms with van der Waals surface area (Å²) in [6, 6.07) is 12.3. The van der Waals surface area contributed by atoms with Crippen molar-refractivity contribution >= 4 is 17.8 Å². The molecule has 7 nitrogen and oxygen atoms in total. The minimum Gasteiger partial charge on any atom is -0.493 e. The summed E-state index contributed by atoms with van der Waals surface area (Å²) < 4.78 is 37.6. The Morgan fingerprint density at radius 3 is 2.45 bits per heavy atom. The summed E-state index contributed by atoms with van der Waals surface area (Å²) in [5.74, 6) is -0.898. The Morgan fingerprint density at radius 2 is 1.82 bits per heavy atom. The molecule has 1 aromatic carbocycles. The second kappa shape index (κ2) is 10.5. The number of anilines is 1. The molecule has 3 N–H and O–H groups in total. The molecule has 4 rings (SSSR count). The van der Waals surface area contributed by atoms with Gasteiger partial charge in [-0.05, 0) is 60.4 Å². The normalized spacial score (nSPS) is 18.8. The number of carboxylic acids is 2. The number of alkyl halides is 3. The van der Waals surface area contributed by atoms with Crippen LogP contribution in [0.25, 0.3) is 0 Å². The number of nitrogens with zero attached hydrogens (tertiary/aromatic N) is 1. The second-order valence-corrected chi connectivity index (χ2v) is 8.01. The van der Waals surface area contributed by atoms with Crippen LogP contribution in [0.1, 0.15) is 42.0 Å². The van der Waals surface area contributed by atoms with Crippen LogP contribution in [0.2, 0.25) is 0 Å². The first-order chi connectivity index (χ1) is 15.6. The number of nitrogens with one attached hydrogen (secondary N) is 1. The number of hydrogen-bond donors (Lipinski definition) is 3. The Morgan fingerprint density at radius 1 is 1.12 bits per heavy atom. The van der Waals surface area contributed by atoms with E-state index in [9.17, 15) is 18.0 Å². The van der Waals surface area contributed by atoms with Crippen molar-refractivity contribution in [2.45, 2.75) is 44.2 Å². The lowest BCUT2D eigenvalue weighted by molar-refractivity contribution is -0.192. The molecule has 1 aromatic heterocycles. The Labute approximate surface area is 188 Å². The van der Waals surface area contributed by atoms with Gasteiger partial charge in [-0.3, -0.25) is 4.79 Å². The largest absolute Gasteiger partial charge is 0.493 e. The first-order valence-electron chi connectivity index (χ1n) is 10.6. The van der Waals surface area contributed by atoms with Crippen molar-refractivity contribution in [3.63, 3.8) is 0 Å². The van der Waals surface area contributed by atoms with Crippen LogP contribution in [-0.2, 0) is 22.4 Å². The average Bonchev–Trinajstić information content (AvgIpc) is 3.52. The van der Waals surface area contributed by atoms with Crippen molar-refractivity contribution < 1.29 is 37.7 Å². The fraction of sp³-hybridized carbons (Fsp3) is 0.435. The maximum absolute atomic E-state index is 10.8. The van der Waals surface area contributed by atoms with E-state index in [1.807, 2.05) is 12.1 Å². The standard InChI is InChI=1S/C21H24N2O3.C2HF3O2/c24-20(25)13-16-12-19(16)14-4-7-18(8-5-14)26-11-9-17-6-3-15-2-1-10-22-21(15)23-17;3-2(4,5)1(6)7/h3-8,16,19H,1-2,9-13H2,(H,22,23)(H,24,25);(H,6,7).